The second-order valence-electron chi connectivity index (χ2n) is 5.82. The van der Waals surface area contributed by atoms with Gasteiger partial charge in [0.2, 0.25) is 0 Å². The zero-order valence-electron chi connectivity index (χ0n) is 13.8. The van der Waals surface area contributed by atoms with Crippen molar-refractivity contribution in [2.45, 2.75) is 19.4 Å². The lowest BCUT2D eigenvalue weighted by atomic mass is 10.2. The third-order valence-electron chi connectivity index (χ3n) is 4.03. The summed E-state index contributed by atoms with van der Waals surface area (Å²) in [5.74, 6) is -1.59. The molecule has 8 heteroatoms. The number of hydrogen-bond donors (Lipinski definition) is 1. The molecule has 0 spiro atoms. The number of nitrogens with zero attached hydrogens (tertiary/aromatic N) is 1. The van der Waals surface area contributed by atoms with Crippen LogP contribution in [0.1, 0.15) is 12.0 Å². The molecule has 0 saturated carbocycles. The molecule has 1 heterocycles. The average Bonchev–Trinajstić information content (AvgIpc) is 2.89. The van der Waals surface area contributed by atoms with Crippen molar-refractivity contribution >= 4 is 27.3 Å². The number of carbonyl (C=O) groups is 2. The molecule has 1 saturated heterocycles. The number of ether oxygens (including phenoxy) is 1. The minimum absolute atomic E-state index is 0.0356. The molecule has 1 aliphatic rings. The molecule has 0 aliphatic carbocycles. The third-order valence-corrected chi connectivity index (χ3v) is 5.78. The number of nitrogens with one attached hydrogen (secondary N) is 1. The van der Waals surface area contributed by atoms with Crippen LogP contribution < -0.4 is 5.32 Å². The van der Waals surface area contributed by atoms with E-state index in [1.165, 1.54) is 12.0 Å². The van der Waals surface area contributed by atoms with Crippen LogP contribution >= 0.6 is 0 Å². The Bertz CT molecular complexity index is 717. The fourth-order valence-corrected chi connectivity index (χ4v) is 4.41. The maximum atomic E-state index is 12.5. The Balaban J connectivity index is 2.12. The second kappa shape index (κ2) is 7.76. The van der Waals surface area contributed by atoms with Gasteiger partial charge in [-0.2, -0.15) is 0 Å². The zero-order valence-corrected chi connectivity index (χ0v) is 14.6. The van der Waals surface area contributed by atoms with E-state index in [0.29, 0.717) is 12.1 Å². The van der Waals surface area contributed by atoms with Gasteiger partial charge in [0.1, 0.15) is 0 Å². The Kier molecular flexibility index (Phi) is 5.95. The van der Waals surface area contributed by atoms with Gasteiger partial charge < -0.3 is 15.0 Å². The summed E-state index contributed by atoms with van der Waals surface area (Å²) in [5.41, 5.74) is 1.40. The molecule has 0 radical (unpaired) electrons. The van der Waals surface area contributed by atoms with Crippen LogP contribution in [0.4, 0.5) is 5.69 Å². The Hall–Kier alpha value is -1.93. The van der Waals surface area contributed by atoms with Crippen molar-refractivity contribution in [2.24, 2.45) is 0 Å². The Morgan fingerprint density at radius 2 is 2.04 bits per heavy atom. The predicted octanol–water partition coefficient (Wildman–Crippen LogP) is 0.596. The summed E-state index contributed by atoms with van der Waals surface area (Å²) in [6.45, 7) is 2.24. The summed E-state index contributed by atoms with van der Waals surface area (Å²) in [4.78, 5) is 26.1. The van der Waals surface area contributed by atoms with Crippen molar-refractivity contribution in [3.63, 3.8) is 0 Å². The number of sulfone groups is 1. The van der Waals surface area contributed by atoms with Crippen molar-refractivity contribution in [2.75, 3.05) is 37.1 Å². The first-order chi connectivity index (χ1) is 11.3. The van der Waals surface area contributed by atoms with Crippen molar-refractivity contribution in [3.8, 4) is 0 Å². The largest absolute Gasteiger partial charge is 0.383 e. The molecular formula is C16H22N2O5S. The number of benzene rings is 1. The molecule has 2 rings (SSSR count). The van der Waals surface area contributed by atoms with Gasteiger partial charge in [-0.1, -0.05) is 18.2 Å². The quantitative estimate of drug-likeness (QED) is 0.782. The van der Waals surface area contributed by atoms with E-state index in [4.69, 9.17) is 4.74 Å². The van der Waals surface area contributed by atoms with Gasteiger partial charge in [-0.3, -0.25) is 9.59 Å². The Morgan fingerprint density at radius 3 is 2.62 bits per heavy atom. The normalized spacial score (nSPS) is 19.0. The molecule has 7 nitrogen and oxygen atoms in total. The molecule has 2 amide bonds. The van der Waals surface area contributed by atoms with Crippen LogP contribution in [0.2, 0.25) is 0 Å². The number of carbonyl (C=O) groups excluding carboxylic acids is 2. The predicted molar refractivity (Wildman–Crippen MR) is 90.5 cm³/mol. The number of rotatable bonds is 5. The summed E-state index contributed by atoms with van der Waals surface area (Å²) in [5, 5.41) is 2.59. The van der Waals surface area contributed by atoms with E-state index >= 15 is 0 Å². The first-order valence-corrected chi connectivity index (χ1v) is 9.53. The van der Waals surface area contributed by atoms with E-state index in [-0.39, 0.29) is 24.7 Å². The summed E-state index contributed by atoms with van der Waals surface area (Å²) < 4.78 is 28.3. The number of methoxy groups -OCH3 is 1. The van der Waals surface area contributed by atoms with Crippen LogP contribution in [0.25, 0.3) is 0 Å². The standard InChI is InChI=1S/C16H22N2O5S/c1-12-5-3-4-6-14(12)17-15(19)16(20)18(8-9-23-2)13-7-10-24(21,22)11-13/h3-6,13H,7-11H2,1-2H3,(H,17,19). The van der Waals surface area contributed by atoms with E-state index in [1.54, 1.807) is 12.1 Å². The molecule has 24 heavy (non-hydrogen) atoms. The smallest absolute Gasteiger partial charge is 0.313 e. The van der Waals surface area contributed by atoms with Crippen molar-refractivity contribution < 1.29 is 22.7 Å². The van der Waals surface area contributed by atoms with Gasteiger partial charge in [0.05, 0.1) is 18.1 Å². The van der Waals surface area contributed by atoms with Gasteiger partial charge in [-0.05, 0) is 25.0 Å². The highest BCUT2D eigenvalue weighted by Crippen LogP contribution is 2.19. The van der Waals surface area contributed by atoms with Gasteiger partial charge in [0, 0.05) is 25.4 Å². The van der Waals surface area contributed by atoms with Crippen LogP contribution in [0.3, 0.4) is 0 Å². The lowest BCUT2D eigenvalue weighted by Gasteiger charge is -2.27. The lowest BCUT2D eigenvalue weighted by molar-refractivity contribution is -0.144. The van der Waals surface area contributed by atoms with E-state index in [0.717, 1.165) is 5.56 Å². The minimum Gasteiger partial charge on any atom is -0.383 e. The molecule has 1 aromatic rings. The lowest BCUT2D eigenvalue weighted by Crippen LogP contribution is -2.48. The molecule has 132 valence electrons. The first-order valence-electron chi connectivity index (χ1n) is 7.71. The molecule has 1 atom stereocenters. The van der Waals surface area contributed by atoms with Crippen molar-refractivity contribution in [1.82, 2.24) is 4.90 Å². The molecule has 1 aromatic carbocycles. The highest BCUT2D eigenvalue weighted by molar-refractivity contribution is 7.91. The topological polar surface area (TPSA) is 92.8 Å². The van der Waals surface area contributed by atoms with Crippen molar-refractivity contribution in [1.29, 1.82) is 0 Å². The molecule has 1 aliphatic heterocycles. The minimum atomic E-state index is -3.16. The van der Waals surface area contributed by atoms with Crippen LogP contribution in [-0.2, 0) is 24.2 Å². The maximum Gasteiger partial charge on any atom is 0.313 e. The van der Waals surface area contributed by atoms with Crippen molar-refractivity contribution in [3.05, 3.63) is 29.8 Å². The monoisotopic (exact) mass is 354 g/mol. The average molecular weight is 354 g/mol. The summed E-state index contributed by atoms with van der Waals surface area (Å²) in [7, 11) is -1.67. The van der Waals surface area contributed by atoms with E-state index in [9.17, 15) is 18.0 Å². The number of para-hydroxylation sites is 1. The Labute approximate surface area is 141 Å². The van der Waals surface area contributed by atoms with Crippen LogP contribution in [0.15, 0.2) is 24.3 Å². The van der Waals surface area contributed by atoms with Crippen LogP contribution in [0.5, 0.6) is 0 Å². The SMILES string of the molecule is COCCN(C(=O)C(=O)Nc1ccccc1C)C1CCS(=O)(=O)C1. The Morgan fingerprint density at radius 1 is 1.33 bits per heavy atom. The molecule has 1 unspecified atom stereocenters. The number of aryl methyl sites for hydroxylation is 1. The highest BCUT2D eigenvalue weighted by Gasteiger charge is 2.36. The zero-order chi connectivity index (χ0) is 17.7. The number of hydrogen-bond acceptors (Lipinski definition) is 5. The van der Waals surface area contributed by atoms with E-state index in [1.807, 2.05) is 19.1 Å². The first kappa shape index (κ1) is 18.4. The summed E-state index contributed by atoms with van der Waals surface area (Å²) in [6, 6.07) is 6.65. The number of anilines is 1. The summed E-state index contributed by atoms with van der Waals surface area (Å²) >= 11 is 0. The van der Waals surface area contributed by atoms with Gasteiger partial charge >= 0.3 is 11.8 Å². The number of amides is 2. The third kappa shape index (κ3) is 4.55. The molecular weight excluding hydrogens is 332 g/mol. The fourth-order valence-electron chi connectivity index (χ4n) is 2.68. The van der Waals surface area contributed by atoms with Gasteiger partial charge in [-0.25, -0.2) is 8.42 Å². The fraction of sp³-hybridized carbons (Fsp3) is 0.500. The van der Waals surface area contributed by atoms with E-state index < -0.39 is 27.7 Å². The van der Waals surface area contributed by atoms with Crippen LogP contribution in [-0.4, -0.2) is 62.9 Å². The second-order valence-corrected chi connectivity index (χ2v) is 8.05. The molecule has 0 aromatic heterocycles. The highest BCUT2D eigenvalue weighted by atomic mass is 32.2. The molecule has 1 fully saturated rings. The molecule has 0 bridgehead atoms. The summed E-state index contributed by atoms with van der Waals surface area (Å²) in [6.07, 6.45) is 0.343. The maximum absolute atomic E-state index is 12.5. The van der Waals surface area contributed by atoms with Gasteiger partial charge in [0.15, 0.2) is 9.84 Å². The van der Waals surface area contributed by atoms with Crippen LogP contribution in [0, 0.1) is 6.92 Å². The van der Waals surface area contributed by atoms with E-state index in [2.05, 4.69) is 5.32 Å². The molecule has 1 N–H and O–H groups in total. The van der Waals surface area contributed by atoms with Gasteiger partial charge in [0.25, 0.3) is 0 Å². The van der Waals surface area contributed by atoms with Gasteiger partial charge in [-0.15, -0.1) is 0 Å².